The highest BCUT2D eigenvalue weighted by Gasteiger charge is 2.19. The molecule has 3 rings (SSSR count). The van der Waals surface area contributed by atoms with E-state index in [1.807, 2.05) is 26.0 Å². The Kier molecular flexibility index (Phi) is 4.46. The molecule has 0 bridgehead atoms. The van der Waals surface area contributed by atoms with Crippen molar-refractivity contribution in [3.8, 4) is 5.75 Å². The molecule has 124 valence electrons. The van der Waals surface area contributed by atoms with Gasteiger partial charge >= 0.3 is 0 Å². The van der Waals surface area contributed by atoms with Crippen molar-refractivity contribution in [2.24, 2.45) is 0 Å². The Labute approximate surface area is 139 Å². The molecule has 1 atom stereocenters. The number of aromatic nitrogens is 2. The maximum Gasteiger partial charge on any atom is 0.287 e. The molecule has 0 unspecified atom stereocenters. The molecule has 2 aromatic heterocycles. The Morgan fingerprint density at radius 3 is 2.92 bits per heavy atom. The second kappa shape index (κ2) is 6.70. The molecule has 2 heterocycles. The van der Waals surface area contributed by atoms with Crippen LogP contribution in [0.25, 0.3) is 11.0 Å². The summed E-state index contributed by atoms with van der Waals surface area (Å²) in [5, 5.41) is 3.85. The Balaban J connectivity index is 1.77. The highest BCUT2D eigenvalue weighted by atomic mass is 16.5. The van der Waals surface area contributed by atoms with Gasteiger partial charge in [-0.3, -0.25) is 14.8 Å². The standard InChI is InChI=1S/C18H19N3O3/c1-11(8-13-10-19-6-7-20-13)21-18(22)17-12(2)15-5-4-14(23-3)9-16(15)24-17/h4-7,9-11H,8H2,1-3H3,(H,21,22)/t11-/m0/s1. The van der Waals surface area contributed by atoms with Crippen molar-refractivity contribution >= 4 is 16.9 Å². The van der Waals surface area contributed by atoms with E-state index in [-0.39, 0.29) is 11.9 Å². The SMILES string of the molecule is COc1ccc2c(C)c(C(=O)N[C@@H](C)Cc3cnccn3)oc2c1. The van der Waals surface area contributed by atoms with Crippen molar-refractivity contribution in [3.05, 3.63) is 53.8 Å². The summed E-state index contributed by atoms with van der Waals surface area (Å²) in [7, 11) is 1.60. The number of benzene rings is 1. The molecule has 6 heteroatoms. The lowest BCUT2D eigenvalue weighted by atomic mass is 10.1. The number of amides is 1. The third-order valence-corrected chi connectivity index (χ3v) is 3.86. The van der Waals surface area contributed by atoms with Crippen molar-refractivity contribution < 1.29 is 13.9 Å². The number of rotatable bonds is 5. The molecule has 0 saturated heterocycles. The summed E-state index contributed by atoms with van der Waals surface area (Å²) >= 11 is 0. The van der Waals surface area contributed by atoms with E-state index in [2.05, 4.69) is 15.3 Å². The van der Waals surface area contributed by atoms with Crippen LogP contribution >= 0.6 is 0 Å². The van der Waals surface area contributed by atoms with E-state index >= 15 is 0 Å². The lowest BCUT2D eigenvalue weighted by molar-refractivity contribution is 0.0913. The van der Waals surface area contributed by atoms with Crippen LogP contribution in [0.1, 0.15) is 28.7 Å². The van der Waals surface area contributed by atoms with E-state index < -0.39 is 0 Å². The topological polar surface area (TPSA) is 77.2 Å². The van der Waals surface area contributed by atoms with Crippen molar-refractivity contribution in [1.29, 1.82) is 0 Å². The van der Waals surface area contributed by atoms with Crippen molar-refractivity contribution in [2.45, 2.75) is 26.3 Å². The summed E-state index contributed by atoms with van der Waals surface area (Å²) < 4.78 is 10.9. The van der Waals surface area contributed by atoms with Gasteiger partial charge in [0.15, 0.2) is 5.76 Å². The van der Waals surface area contributed by atoms with Gasteiger partial charge in [-0.05, 0) is 26.0 Å². The minimum atomic E-state index is -0.237. The second-order valence-corrected chi connectivity index (χ2v) is 5.69. The number of aryl methyl sites for hydroxylation is 1. The van der Waals surface area contributed by atoms with E-state index in [0.717, 1.165) is 16.6 Å². The van der Waals surface area contributed by atoms with Gasteiger partial charge in [-0.1, -0.05) is 0 Å². The van der Waals surface area contributed by atoms with Gasteiger partial charge in [0.1, 0.15) is 11.3 Å². The normalized spacial score (nSPS) is 12.1. The molecule has 1 aromatic carbocycles. The van der Waals surface area contributed by atoms with E-state index in [4.69, 9.17) is 9.15 Å². The van der Waals surface area contributed by atoms with Crippen LogP contribution in [0, 0.1) is 6.92 Å². The number of nitrogens with zero attached hydrogens (tertiary/aromatic N) is 2. The second-order valence-electron chi connectivity index (χ2n) is 5.69. The largest absolute Gasteiger partial charge is 0.497 e. The van der Waals surface area contributed by atoms with Gasteiger partial charge in [0.05, 0.1) is 12.8 Å². The number of fused-ring (bicyclic) bond motifs is 1. The number of ether oxygens (including phenoxy) is 1. The lowest BCUT2D eigenvalue weighted by Gasteiger charge is -2.12. The predicted molar refractivity (Wildman–Crippen MR) is 90.2 cm³/mol. The zero-order valence-corrected chi connectivity index (χ0v) is 13.9. The van der Waals surface area contributed by atoms with Crippen molar-refractivity contribution in [1.82, 2.24) is 15.3 Å². The average Bonchev–Trinajstić information content (AvgIpc) is 2.92. The molecule has 0 spiro atoms. The molecule has 1 amide bonds. The zero-order chi connectivity index (χ0) is 17.1. The summed E-state index contributed by atoms with van der Waals surface area (Å²) in [6, 6.07) is 5.44. The minimum absolute atomic E-state index is 0.0867. The number of furan rings is 1. The Bertz CT molecular complexity index is 859. The first kappa shape index (κ1) is 16.0. The van der Waals surface area contributed by atoms with Gasteiger partial charge < -0.3 is 14.5 Å². The highest BCUT2D eigenvalue weighted by molar-refractivity contribution is 5.99. The molecule has 1 N–H and O–H groups in total. The number of hydrogen-bond donors (Lipinski definition) is 1. The van der Waals surface area contributed by atoms with E-state index in [1.54, 1.807) is 31.8 Å². The lowest BCUT2D eigenvalue weighted by Crippen LogP contribution is -2.34. The highest BCUT2D eigenvalue weighted by Crippen LogP contribution is 2.28. The minimum Gasteiger partial charge on any atom is -0.497 e. The number of nitrogens with one attached hydrogen (secondary N) is 1. The van der Waals surface area contributed by atoms with Crippen LogP contribution in [0.15, 0.2) is 41.2 Å². The molecule has 0 saturated carbocycles. The first-order valence-electron chi connectivity index (χ1n) is 7.71. The molecule has 0 radical (unpaired) electrons. The van der Waals surface area contributed by atoms with Gasteiger partial charge in [0.25, 0.3) is 5.91 Å². The maximum absolute atomic E-state index is 12.5. The summed E-state index contributed by atoms with van der Waals surface area (Å²) in [6.45, 7) is 3.80. The van der Waals surface area contributed by atoms with Crippen LogP contribution in [-0.4, -0.2) is 29.0 Å². The third kappa shape index (κ3) is 3.22. The number of methoxy groups -OCH3 is 1. The monoisotopic (exact) mass is 325 g/mol. The van der Waals surface area contributed by atoms with Crippen molar-refractivity contribution in [3.63, 3.8) is 0 Å². The summed E-state index contributed by atoms with van der Waals surface area (Å²) in [5.41, 5.74) is 2.28. The first-order chi connectivity index (χ1) is 11.6. The first-order valence-corrected chi connectivity index (χ1v) is 7.71. The summed E-state index contributed by atoms with van der Waals surface area (Å²) in [5.74, 6) is 0.780. The zero-order valence-electron chi connectivity index (χ0n) is 13.9. The quantitative estimate of drug-likeness (QED) is 0.780. The molecule has 0 fully saturated rings. The van der Waals surface area contributed by atoms with Gasteiger partial charge in [0, 0.05) is 48.1 Å². The van der Waals surface area contributed by atoms with Crippen LogP contribution in [0.5, 0.6) is 5.75 Å². The molecular weight excluding hydrogens is 306 g/mol. The average molecular weight is 325 g/mol. The summed E-state index contributed by atoms with van der Waals surface area (Å²) in [6.07, 6.45) is 5.56. The van der Waals surface area contributed by atoms with E-state index in [0.29, 0.717) is 23.5 Å². The van der Waals surface area contributed by atoms with Crippen LogP contribution in [0.2, 0.25) is 0 Å². The fraction of sp³-hybridized carbons (Fsp3) is 0.278. The molecule has 3 aromatic rings. The fourth-order valence-corrected chi connectivity index (χ4v) is 2.64. The smallest absolute Gasteiger partial charge is 0.287 e. The van der Waals surface area contributed by atoms with Gasteiger partial charge in [-0.2, -0.15) is 0 Å². The van der Waals surface area contributed by atoms with Gasteiger partial charge in [0.2, 0.25) is 0 Å². The number of carbonyl (C=O) groups is 1. The van der Waals surface area contributed by atoms with Crippen LogP contribution in [0.4, 0.5) is 0 Å². The molecule has 6 nitrogen and oxygen atoms in total. The van der Waals surface area contributed by atoms with E-state index in [9.17, 15) is 4.79 Å². The molecule has 0 aliphatic carbocycles. The molecule has 0 aliphatic rings. The Hall–Kier alpha value is -2.89. The van der Waals surface area contributed by atoms with Crippen LogP contribution in [0.3, 0.4) is 0 Å². The maximum atomic E-state index is 12.5. The third-order valence-electron chi connectivity index (χ3n) is 3.86. The molecule has 0 aliphatic heterocycles. The van der Waals surface area contributed by atoms with Crippen LogP contribution < -0.4 is 10.1 Å². The van der Waals surface area contributed by atoms with Crippen LogP contribution in [-0.2, 0) is 6.42 Å². The van der Waals surface area contributed by atoms with E-state index in [1.165, 1.54) is 0 Å². The molecule has 24 heavy (non-hydrogen) atoms. The fourth-order valence-electron chi connectivity index (χ4n) is 2.64. The Morgan fingerprint density at radius 1 is 1.38 bits per heavy atom. The molecular formula is C18H19N3O3. The summed E-state index contributed by atoms with van der Waals surface area (Å²) in [4.78, 5) is 20.8. The van der Waals surface area contributed by atoms with Crippen molar-refractivity contribution in [2.75, 3.05) is 7.11 Å². The number of carbonyl (C=O) groups excluding carboxylic acids is 1. The predicted octanol–water partition coefficient (Wildman–Crippen LogP) is 2.90. The van der Waals surface area contributed by atoms with Gasteiger partial charge in [-0.25, -0.2) is 0 Å². The Morgan fingerprint density at radius 2 is 2.21 bits per heavy atom. The van der Waals surface area contributed by atoms with Gasteiger partial charge in [-0.15, -0.1) is 0 Å². The number of hydrogen-bond acceptors (Lipinski definition) is 5.